The molecule has 2 rings (SSSR count). The molecule has 4 atom stereocenters. The number of H-pyrrole nitrogens is 1. The summed E-state index contributed by atoms with van der Waals surface area (Å²) < 4.78 is 80.7. The summed E-state index contributed by atoms with van der Waals surface area (Å²) in [7, 11) is -4.73. The average Bonchev–Trinajstić information content (AvgIpc) is 2.86. The highest BCUT2D eigenvalue weighted by Gasteiger charge is 2.55. The third-order valence-corrected chi connectivity index (χ3v) is 4.76. The van der Waals surface area contributed by atoms with Crippen molar-refractivity contribution in [2.24, 2.45) is 0 Å². The molecular formula is C13H17F4N2O7P. The highest BCUT2D eigenvalue weighted by atomic mass is 31.2. The predicted molar refractivity (Wildman–Crippen MR) is 81.6 cm³/mol. The molecule has 1 unspecified atom stereocenters. The van der Waals surface area contributed by atoms with Crippen LogP contribution in [0.5, 0.6) is 0 Å². The van der Waals surface area contributed by atoms with Crippen LogP contribution in [-0.4, -0.2) is 45.4 Å². The Morgan fingerprint density at radius 2 is 2.11 bits per heavy atom. The van der Waals surface area contributed by atoms with E-state index in [0.717, 1.165) is 0 Å². The van der Waals surface area contributed by atoms with E-state index in [4.69, 9.17) is 4.74 Å². The van der Waals surface area contributed by atoms with E-state index in [1.165, 1.54) is 13.8 Å². The molecule has 0 bridgehead atoms. The normalized spacial score (nSPS) is 28.0. The zero-order chi connectivity index (χ0) is 20.6. The van der Waals surface area contributed by atoms with Gasteiger partial charge < -0.3 is 9.63 Å². The highest BCUT2D eigenvalue weighted by Crippen LogP contribution is 2.49. The van der Waals surface area contributed by atoms with Crippen molar-refractivity contribution in [3.05, 3.63) is 32.9 Å². The van der Waals surface area contributed by atoms with E-state index in [1.807, 2.05) is 0 Å². The molecule has 2 N–H and O–H groups in total. The molecule has 0 aliphatic carbocycles. The topological polar surface area (TPSA) is 120 Å². The Bertz CT molecular complexity index is 845. The lowest BCUT2D eigenvalue weighted by Gasteiger charge is -2.28. The van der Waals surface area contributed by atoms with Gasteiger partial charge in [0.25, 0.3) is 12.0 Å². The summed E-state index contributed by atoms with van der Waals surface area (Å²) >= 11 is 0. The molecule has 0 amide bonds. The summed E-state index contributed by atoms with van der Waals surface area (Å²) in [5, 5.41) is 0. The minimum atomic E-state index is -4.73. The van der Waals surface area contributed by atoms with Crippen molar-refractivity contribution >= 4 is 7.82 Å². The van der Waals surface area contributed by atoms with Crippen LogP contribution in [0.4, 0.5) is 17.6 Å². The first-order chi connectivity index (χ1) is 12.4. The standard InChI is InChI=1S/C13H17F4N2O7P/c1-6(2)26-27(22,23)24-5-13(11(16)17)3-7(14)10(25-13)19-4-8(15)9(20)18-12(19)21/h4,6-7,10-11H,3,5H2,1-2H3,(H,22,23)(H,18,20,21)/t7-,10+,13-/m0/s1. The zero-order valence-corrected chi connectivity index (χ0v) is 15.0. The van der Waals surface area contributed by atoms with Gasteiger partial charge in [-0.05, 0) is 13.8 Å². The summed E-state index contributed by atoms with van der Waals surface area (Å²) in [4.78, 5) is 33.8. The van der Waals surface area contributed by atoms with Crippen LogP contribution in [0, 0.1) is 5.82 Å². The van der Waals surface area contributed by atoms with Crippen molar-refractivity contribution in [2.75, 3.05) is 6.61 Å². The lowest BCUT2D eigenvalue weighted by Crippen LogP contribution is -2.43. The van der Waals surface area contributed by atoms with Crippen molar-refractivity contribution in [3.63, 3.8) is 0 Å². The first-order valence-corrected chi connectivity index (χ1v) is 9.13. The van der Waals surface area contributed by atoms with Crippen molar-refractivity contribution < 1.29 is 40.8 Å². The molecule has 0 radical (unpaired) electrons. The van der Waals surface area contributed by atoms with Crippen molar-refractivity contribution in [2.45, 2.75) is 50.8 Å². The average molecular weight is 420 g/mol. The minimum absolute atomic E-state index is 0.273. The van der Waals surface area contributed by atoms with E-state index >= 15 is 0 Å². The second-order valence-electron chi connectivity index (χ2n) is 6.13. The van der Waals surface area contributed by atoms with Gasteiger partial charge in [0, 0.05) is 6.42 Å². The number of ether oxygens (including phenoxy) is 1. The number of rotatable bonds is 7. The fourth-order valence-corrected chi connectivity index (χ4v) is 3.43. The minimum Gasteiger partial charge on any atom is -0.340 e. The summed E-state index contributed by atoms with van der Waals surface area (Å²) in [6, 6.07) is 0. The van der Waals surface area contributed by atoms with Crippen LogP contribution in [0.25, 0.3) is 0 Å². The Morgan fingerprint density at radius 3 is 2.67 bits per heavy atom. The summed E-state index contributed by atoms with van der Waals surface area (Å²) in [5.74, 6) is -1.46. The zero-order valence-electron chi connectivity index (χ0n) is 14.1. The fraction of sp³-hybridized carbons (Fsp3) is 0.692. The van der Waals surface area contributed by atoms with Crippen molar-refractivity contribution in [1.82, 2.24) is 9.55 Å². The molecule has 1 aliphatic rings. The van der Waals surface area contributed by atoms with Gasteiger partial charge in [0.1, 0.15) is 6.17 Å². The molecule has 1 aliphatic heterocycles. The number of aromatic amines is 1. The van der Waals surface area contributed by atoms with Gasteiger partial charge in [-0.3, -0.25) is 23.4 Å². The fourth-order valence-electron chi connectivity index (χ4n) is 2.46. The predicted octanol–water partition coefficient (Wildman–Crippen LogP) is 1.48. The second kappa shape index (κ2) is 7.84. The molecule has 1 aromatic rings. The van der Waals surface area contributed by atoms with E-state index in [0.29, 0.717) is 6.20 Å². The molecule has 9 nitrogen and oxygen atoms in total. The molecule has 0 saturated carbocycles. The summed E-state index contributed by atoms with van der Waals surface area (Å²) in [5.41, 5.74) is -5.36. The first-order valence-electron chi connectivity index (χ1n) is 7.63. The molecule has 0 aromatic carbocycles. The van der Waals surface area contributed by atoms with Gasteiger partial charge in [0.05, 0.1) is 18.9 Å². The van der Waals surface area contributed by atoms with E-state index < -0.39 is 68.4 Å². The van der Waals surface area contributed by atoms with Crippen LogP contribution in [0.15, 0.2) is 15.8 Å². The molecule has 2 heterocycles. The maximum absolute atomic E-state index is 14.3. The van der Waals surface area contributed by atoms with Crippen LogP contribution in [0.2, 0.25) is 0 Å². The van der Waals surface area contributed by atoms with Gasteiger partial charge in [0.15, 0.2) is 11.8 Å². The van der Waals surface area contributed by atoms with E-state index in [9.17, 15) is 36.6 Å². The molecule has 14 heteroatoms. The summed E-state index contributed by atoms with van der Waals surface area (Å²) in [6.45, 7) is 1.56. The second-order valence-corrected chi connectivity index (χ2v) is 7.54. The Hall–Kier alpha value is -1.53. The third kappa shape index (κ3) is 4.85. The Morgan fingerprint density at radius 1 is 1.48 bits per heavy atom. The number of nitrogens with one attached hydrogen (secondary N) is 1. The number of halogens is 4. The van der Waals surface area contributed by atoms with Gasteiger partial charge in [-0.25, -0.2) is 22.5 Å². The van der Waals surface area contributed by atoms with Crippen LogP contribution in [0.1, 0.15) is 26.5 Å². The molecule has 1 aromatic heterocycles. The number of alkyl halides is 3. The lowest BCUT2D eigenvalue weighted by atomic mass is 10.0. The largest absolute Gasteiger partial charge is 0.472 e. The number of phosphoric ester groups is 1. The first kappa shape index (κ1) is 21.8. The number of nitrogens with zero attached hydrogens (tertiary/aromatic N) is 1. The SMILES string of the molecule is CC(C)OP(=O)(O)OC[C@]1(C(F)F)C[C@H](F)[C@H](n2cc(F)c(=O)[nH]c2=O)O1. The lowest BCUT2D eigenvalue weighted by molar-refractivity contribution is -0.170. The van der Waals surface area contributed by atoms with Gasteiger partial charge >= 0.3 is 13.5 Å². The van der Waals surface area contributed by atoms with E-state index in [1.54, 1.807) is 4.98 Å². The molecule has 1 saturated heterocycles. The molecule has 154 valence electrons. The maximum atomic E-state index is 14.3. The van der Waals surface area contributed by atoms with Crippen molar-refractivity contribution in [1.29, 1.82) is 0 Å². The third-order valence-electron chi connectivity index (χ3n) is 3.62. The van der Waals surface area contributed by atoms with Gasteiger partial charge in [-0.2, -0.15) is 4.39 Å². The maximum Gasteiger partial charge on any atom is 0.472 e. The number of phosphoric acid groups is 1. The van der Waals surface area contributed by atoms with E-state index in [-0.39, 0.29) is 4.57 Å². The van der Waals surface area contributed by atoms with E-state index in [2.05, 4.69) is 9.05 Å². The van der Waals surface area contributed by atoms with Crippen LogP contribution in [0.3, 0.4) is 0 Å². The van der Waals surface area contributed by atoms with Crippen LogP contribution < -0.4 is 11.2 Å². The molecule has 0 spiro atoms. The smallest absolute Gasteiger partial charge is 0.340 e. The Balaban J connectivity index is 2.28. The molecule has 27 heavy (non-hydrogen) atoms. The molecule has 1 fully saturated rings. The van der Waals surface area contributed by atoms with Crippen LogP contribution >= 0.6 is 7.82 Å². The number of aromatic nitrogens is 2. The summed E-state index contributed by atoms with van der Waals surface area (Å²) in [6.07, 6.45) is -9.09. The molecular weight excluding hydrogens is 403 g/mol. The Labute approximate surface area is 149 Å². The number of hydrogen-bond donors (Lipinski definition) is 2. The quantitative estimate of drug-likeness (QED) is 0.507. The van der Waals surface area contributed by atoms with Crippen molar-refractivity contribution in [3.8, 4) is 0 Å². The van der Waals surface area contributed by atoms with Gasteiger partial charge in [0.2, 0.25) is 5.82 Å². The van der Waals surface area contributed by atoms with Gasteiger partial charge in [-0.1, -0.05) is 0 Å². The van der Waals surface area contributed by atoms with Crippen LogP contribution in [-0.2, 0) is 18.3 Å². The highest BCUT2D eigenvalue weighted by molar-refractivity contribution is 7.47. The number of hydrogen-bond acceptors (Lipinski definition) is 6. The monoisotopic (exact) mass is 420 g/mol. The van der Waals surface area contributed by atoms with Gasteiger partial charge in [-0.15, -0.1) is 0 Å². The Kier molecular flexibility index (Phi) is 6.32.